The van der Waals surface area contributed by atoms with Crippen LogP contribution in [-0.2, 0) is 22.2 Å². The summed E-state index contributed by atoms with van der Waals surface area (Å²) in [6, 6.07) is 10.8. The number of rotatable bonds is 2. The summed E-state index contributed by atoms with van der Waals surface area (Å²) in [5.41, 5.74) is -5.57. The zero-order valence-electron chi connectivity index (χ0n) is 11.6. The van der Waals surface area contributed by atoms with Gasteiger partial charge in [-0.2, -0.15) is 0 Å². The third kappa shape index (κ3) is 2.77. The van der Waals surface area contributed by atoms with Crippen LogP contribution in [-0.4, -0.2) is 44.5 Å². The first-order valence-corrected chi connectivity index (χ1v) is 14.1. The molecule has 0 radical (unpaired) electrons. The maximum atomic E-state index is 12.7. The monoisotopic (exact) mass is 574 g/mol. The van der Waals surface area contributed by atoms with E-state index in [4.69, 9.17) is 0 Å². The van der Waals surface area contributed by atoms with Crippen molar-refractivity contribution in [2.24, 2.45) is 0 Å². The van der Waals surface area contributed by atoms with Crippen molar-refractivity contribution in [2.45, 2.75) is 15.3 Å². The first-order valence-electron chi connectivity index (χ1n) is 6.30. The fourth-order valence-electron chi connectivity index (χ4n) is 2.17. The van der Waals surface area contributed by atoms with Crippen molar-refractivity contribution in [3.8, 4) is 0 Å². The molecule has 0 amide bonds. The van der Waals surface area contributed by atoms with E-state index in [9.17, 15) is 30.0 Å². The number of halogens is 3. The second kappa shape index (κ2) is 5.76. The number of benzene rings is 2. The molecule has 0 saturated carbocycles. The first kappa shape index (κ1) is 17.8. The Morgan fingerprint density at radius 1 is 0.875 bits per heavy atom. The number of hydrogen-bond acceptors (Lipinski definition) is 5. The molecule has 0 unspecified atom stereocenters. The summed E-state index contributed by atoms with van der Waals surface area (Å²) in [7, 11) is -9.75. The zero-order chi connectivity index (χ0) is 17.8. The average molecular weight is 574 g/mol. The van der Waals surface area contributed by atoms with Crippen molar-refractivity contribution in [1.82, 2.24) is 0 Å². The molecule has 0 bridgehead atoms. The van der Waals surface area contributed by atoms with Gasteiger partial charge in [0.2, 0.25) is 0 Å². The van der Waals surface area contributed by atoms with Crippen LogP contribution in [0.3, 0.4) is 0 Å². The SMILES string of the molecule is O=S1(=O)c2cccc[c]2[Bi]([O]S(=O)(=O)C(F)(F)F)[c]2ccccc21. The average Bonchev–Trinajstić information content (AvgIpc) is 2.51. The number of fused-ring (bicyclic) bond motifs is 2. The van der Waals surface area contributed by atoms with Crippen LogP contribution in [0.25, 0.3) is 0 Å². The quantitative estimate of drug-likeness (QED) is 0.392. The molecule has 0 N–H and O–H groups in total. The van der Waals surface area contributed by atoms with Crippen molar-refractivity contribution in [3.05, 3.63) is 48.5 Å². The summed E-state index contributed by atoms with van der Waals surface area (Å²) in [4.78, 5) is -0.391. The van der Waals surface area contributed by atoms with Crippen LogP contribution in [0.2, 0.25) is 0 Å². The Hall–Kier alpha value is -1.03. The van der Waals surface area contributed by atoms with Crippen molar-refractivity contribution >= 4 is 48.7 Å². The maximum absolute atomic E-state index is 12.7. The van der Waals surface area contributed by atoms with Gasteiger partial charge in [-0.05, 0) is 0 Å². The fraction of sp³-hybridized carbons (Fsp3) is 0.0769. The molecular weight excluding hydrogens is 566 g/mol. The molecule has 24 heavy (non-hydrogen) atoms. The summed E-state index contributed by atoms with van der Waals surface area (Å²) < 4.78 is 90.9. The Kier molecular flexibility index (Phi) is 4.27. The van der Waals surface area contributed by atoms with Crippen LogP contribution in [0.1, 0.15) is 0 Å². The molecule has 0 saturated heterocycles. The topological polar surface area (TPSA) is 77.5 Å². The summed E-state index contributed by atoms with van der Waals surface area (Å²) in [5, 5.41) is 0. The van der Waals surface area contributed by atoms with Gasteiger partial charge in [-0.1, -0.05) is 0 Å². The van der Waals surface area contributed by atoms with Gasteiger partial charge in [0.1, 0.15) is 0 Å². The van der Waals surface area contributed by atoms with E-state index in [0.717, 1.165) is 0 Å². The Bertz CT molecular complexity index is 962. The zero-order valence-corrected chi connectivity index (χ0v) is 16.7. The molecule has 0 fully saturated rings. The van der Waals surface area contributed by atoms with Gasteiger partial charge in [0, 0.05) is 0 Å². The minimum absolute atomic E-state index is 0.0408. The first-order chi connectivity index (χ1) is 11.1. The molecule has 0 aliphatic carbocycles. The predicted molar refractivity (Wildman–Crippen MR) is 79.4 cm³/mol. The van der Waals surface area contributed by atoms with Crippen LogP contribution in [0.4, 0.5) is 13.2 Å². The Balaban J connectivity index is 2.26. The van der Waals surface area contributed by atoms with Crippen molar-refractivity contribution in [3.63, 3.8) is 0 Å². The van der Waals surface area contributed by atoms with E-state index >= 15 is 0 Å². The van der Waals surface area contributed by atoms with E-state index in [1.807, 2.05) is 0 Å². The summed E-state index contributed by atoms with van der Waals surface area (Å²) in [6.45, 7) is 0. The molecule has 0 atom stereocenters. The molecule has 1 aliphatic heterocycles. The van der Waals surface area contributed by atoms with Gasteiger partial charge in [-0.15, -0.1) is 0 Å². The molecule has 0 aromatic heterocycles. The second-order valence-electron chi connectivity index (χ2n) is 4.71. The van der Waals surface area contributed by atoms with Crippen molar-refractivity contribution in [2.75, 3.05) is 0 Å². The van der Waals surface area contributed by atoms with Gasteiger partial charge >= 0.3 is 145 Å². The molecule has 2 aromatic rings. The number of sulfone groups is 1. The van der Waals surface area contributed by atoms with Gasteiger partial charge < -0.3 is 0 Å². The van der Waals surface area contributed by atoms with Crippen molar-refractivity contribution in [1.29, 1.82) is 0 Å². The molecule has 0 spiro atoms. The molecule has 2 aromatic carbocycles. The third-order valence-electron chi connectivity index (χ3n) is 3.20. The van der Waals surface area contributed by atoms with Crippen LogP contribution < -0.4 is 6.54 Å². The molecular formula is C13H8BiF3O5S2. The van der Waals surface area contributed by atoms with Gasteiger partial charge in [0.05, 0.1) is 0 Å². The van der Waals surface area contributed by atoms with Gasteiger partial charge in [0.15, 0.2) is 0 Å². The summed E-state index contributed by atoms with van der Waals surface area (Å²) in [5.74, 6) is 0. The van der Waals surface area contributed by atoms with Crippen LogP contribution >= 0.6 is 0 Å². The molecule has 1 heterocycles. The summed E-state index contributed by atoms with van der Waals surface area (Å²) in [6.07, 6.45) is 0. The Morgan fingerprint density at radius 2 is 1.29 bits per heavy atom. The summed E-state index contributed by atoms with van der Waals surface area (Å²) >= 11 is -4.22. The molecule has 5 nitrogen and oxygen atoms in total. The normalized spacial score (nSPS) is 17.1. The van der Waals surface area contributed by atoms with E-state index in [2.05, 4.69) is 2.26 Å². The second-order valence-corrected chi connectivity index (χ2v) is 15.9. The standard InChI is InChI=1S/C12H8O2S.CHF3O3S.Bi/c13-15(14,11-7-3-1-4-8-11)12-9-5-2-6-10-12;2-1(3,4)8(5,6)7;/h1-7,9H;(H,5,6,7);/q;;+1/p-1. The Morgan fingerprint density at radius 3 is 1.71 bits per heavy atom. The van der Waals surface area contributed by atoms with Crippen LogP contribution in [0, 0.1) is 0 Å². The number of hydrogen-bond donors (Lipinski definition) is 0. The predicted octanol–water partition coefficient (Wildman–Crippen LogP) is 0.805. The third-order valence-corrected chi connectivity index (χ3v) is 17.7. The molecule has 128 valence electrons. The minimum atomic E-state index is -5.82. The number of alkyl halides is 3. The fourth-order valence-corrected chi connectivity index (χ4v) is 18.3. The van der Waals surface area contributed by atoms with Crippen molar-refractivity contribution < 1.29 is 32.3 Å². The van der Waals surface area contributed by atoms with Gasteiger partial charge in [0.25, 0.3) is 0 Å². The molecule has 1 aliphatic rings. The van der Waals surface area contributed by atoms with Crippen LogP contribution in [0.15, 0.2) is 58.3 Å². The van der Waals surface area contributed by atoms with Gasteiger partial charge in [-0.3, -0.25) is 0 Å². The molecule has 11 heteroatoms. The van der Waals surface area contributed by atoms with E-state index in [1.165, 1.54) is 48.5 Å². The van der Waals surface area contributed by atoms with Crippen LogP contribution in [0.5, 0.6) is 0 Å². The Labute approximate surface area is 144 Å². The van der Waals surface area contributed by atoms with E-state index in [1.54, 1.807) is 0 Å². The van der Waals surface area contributed by atoms with E-state index in [-0.39, 0.29) is 16.3 Å². The van der Waals surface area contributed by atoms with E-state index < -0.39 is 47.7 Å². The van der Waals surface area contributed by atoms with Gasteiger partial charge in [-0.25, -0.2) is 0 Å². The van der Waals surface area contributed by atoms with E-state index in [0.29, 0.717) is 0 Å². The molecule has 3 rings (SSSR count).